The van der Waals surface area contributed by atoms with Gasteiger partial charge in [-0.05, 0) is 36.1 Å². The first kappa shape index (κ1) is 15.4. The predicted octanol–water partition coefficient (Wildman–Crippen LogP) is 2.74. The van der Waals surface area contributed by atoms with E-state index in [4.69, 9.17) is 0 Å². The topological polar surface area (TPSA) is 50.9 Å². The summed E-state index contributed by atoms with van der Waals surface area (Å²) in [5.41, 5.74) is 3.69. The van der Waals surface area contributed by atoms with E-state index in [1.54, 1.807) is 16.8 Å². The molecule has 0 fully saturated rings. The van der Waals surface area contributed by atoms with Crippen LogP contribution in [0.1, 0.15) is 22.5 Å². The van der Waals surface area contributed by atoms with Crippen molar-refractivity contribution in [2.24, 2.45) is 0 Å². The largest absolute Gasteiger partial charge is 0.390 e. The highest BCUT2D eigenvalue weighted by Gasteiger charge is 2.12. The molecule has 0 saturated heterocycles. The number of halogens is 1. The summed E-state index contributed by atoms with van der Waals surface area (Å²) in [5, 5.41) is 17.6. The molecule has 0 unspecified atom stereocenters. The van der Waals surface area contributed by atoms with Crippen molar-refractivity contribution in [3.05, 3.63) is 82.9 Å². The number of aliphatic hydroxyl groups excluding tert-OH is 1. The van der Waals surface area contributed by atoms with Gasteiger partial charge in [-0.1, -0.05) is 47.7 Å². The molecule has 0 bridgehead atoms. The van der Waals surface area contributed by atoms with E-state index < -0.39 is 0 Å². The van der Waals surface area contributed by atoms with Gasteiger partial charge in [0.1, 0.15) is 11.5 Å². The quantitative estimate of drug-likeness (QED) is 0.761. The summed E-state index contributed by atoms with van der Waals surface area (Å²) in [7, 11) is 0. The van der Waals surface area contributed by atoms with E-state index in [0.29, 0.717) is 12.2 Å². The Labute approximate surface area is 134 Å². The number of aliphatic hydroxyl groups is 1. The van der Waals surface area contributed by atoms with Crippen LogP contribution in [0.4, 0.5) is 4.39 Å². The normalized spacial score (nSPS) is 10.9. The summed E-state index contributed by atoms with van der Waals surface area (Å²) in [6, 6.07) is 16.5. The number of aryl methyl sites for hydroxylation is 1. The molecule has 5 heteroatoms. The van der Waals surface area contributed by atoms with Crippen molar-refractivity contribution in [1.29, 1.82) is 0 Å². The van der Waals surface area contributed by atoms with Gasteiger partial charge in [0.25, 0.3) is 0 Å². The number of rotatable bonds is 6. The molecule has 0 aliphatic heterocycles. The van der Waals surface area contributed by atoms with Crippen LogP contribution in [0.3, 0.4) is 0 Å². The third-order valence-corrected chi connectivity index (χ3v) is 3.81. The standard InChI is InChI=1S/C18H18FN3O/c19-16-9-6-15(7-10-16)12-22-18(17(13-23)20-21-22)11-8-14-4-2-1-3-5-14/h1-7,9-10,23H,8,11-13H2. The van der Waals surface area contributed by atoms with Gasteiger partial charge >= 0.3 is 0 Å². The average molecular weight is 311 g/mol. The summed E-state index contributed by atoms with van der Waals surface area (Å²) < 4.78 is 14.8. The van der Waals surface area contributed by atoms with Gasteiger partial charge in [-0.25, -0.2) is 9.07 Å². The van der Waals surface area contributed by atoms with Gasteiger partial charge in [-0.3, -0.25) is 0 Å². The molecule has 0 saturated carbocycles. The molecule has 23 heavy (non-hydrogen) atoms. The molecule has 3 rings (SSSR count). The first-order valence-corrected chi connectivity index (χ1v) is 7.56. The Morgan fingerprint density at radius 3 is 2.35 bits per heavy atom. The maximum absolute atomic E-state index is 13.0. The van der Waals surface area contributed by atoms with E-state index in [9.17, 15) is 9.50 Å². The summed E-state index contributed by atoms with van der Waals surface area (Å²) >= 11 is 0. The lowest BCUT2D eigenvalue weighted by atomic mass is 10.1. The van der Waals surface area contributed by atoms with E-state index in [0.717, 1.165) is 24.1 Å². The highest BCUT2D eigenvalue weighted by Crippen LogP contribution is 2.13. The van der Waals surface area contributed by atoms with Crippen LogP contribution in [-0.2, 0) is 26.0 Å². The molecule has 0 aliphatic carbocycles. The molecular weight excluding hydrogens is 293 g/mol. The summed E-state index contributed by atoms with van der Waals surface area (Å²) in [4.78, 5) is 0. The Balaban J connectivity index is 1.78. The lowest BCUT2D eigenvalue weighted by molar-refractivity contribution is 0.275. The van der Waals surface area contributed by atoms with Crippen molar-refractivity contribution in [2.45, 2.75) is 26.0 Å². The van der Waals surface area contributed by atoms with E-state index >= 15 is 0 Å². The highest BCUT2D eigenvalue weighted by atomic mass is 19.1. The minimum Gasteiger partial charge on any atom is -0.390 e. The number of hydrogen-bond acceptors (Lipinski definition) is 3. The second kappa shape index (κ2) is 7.15. The van der Waals surface area contributed by atoms with Gasteiger partial charge in [0, 0.05) is 0 Å². The molecule has 3 aromatic rings. The second-order valence-corrected chi connectivity index (χ2v) is 5.41. The molecule has 0 atom stereocenters. The number of hydrogen-bond donors (Lipinski definition) is 1. The Bertz CT molecular complexity index is 754. The number of benzene rings is 2. The minimum atomic E-state index is -0.257. The smallest absolute Gasteiger partial charge is 0.123 e. The molecule has 1 heterocycles. The molecule has 0 aliphatic rings. The van der Waals surface area contributed by atoms with Crippen LogP contribution in [0.15, 0.2) is 54.6 Å². The molecular formula is C18H18FN3O. The van der Waals surface area contributed by atoms with E-state index in [1.165, 1.54) is 17.7 Å². The van der Waals surface area contributed by atoms with E-state index in [-0.39, 0.29) is 12.4 Å². The summed E-state index contributed by atoms with van der Waals surface area (Å²) in [5.74, 6) is -0.257. The van der Waals surface area contributed by atoms with Gasteiger partial charge in [0.2, 0.25) is 0 Å². The van der Waals surface area contributed by atoms with Crippen LogP contribution in [0, 0.1) is 5.82 Å². The summed E-state index contributed by atoms with van der Waals surface area (Å²) in [6.07, 6.45) is 1.60. The molecule has 2 aromatic carbocycles. The molecule has 0 amide bonds. The Morgan fingerprint density at radius 2 is 1.65 bits per heavy atom. The molecule has 4 nitrogen and oxygen atoms in total. The maximum Gasteiger partial charge on any atom is 0.123 e. The fourth-order valence-electron chi connectivity index (χ4n) is 2.56. The zero-order valence-electron chi connectivity index (χ0n) is 12.7. The molecule has 0 radical (unpaired) electrons. The third kappa shape index (κ3) is 3.81. The minimum absolute atomic E-state index is 0.131. The van der Waals surface area contributed by atoms with Gasteiger partial charge in [0.15, 0.2) is 0 Å². The van der Waals surface area contributed by atoms with Gasteiger partial charge in [-0.15, -0.1) is 5.10 Å². The van der Waals surface area contributed by atoms with Gasteiger partial charge in [0.05, 0.1) is 18.8 Å². The first-order valence-electron chi connectivity index (χ1n) is 7.56. The van der Waals surface area contributed by atoms with E-state index in [1.807, 2.05) is 18.2 Å². The van der Waals surface area contributed by atoms with Crippen molar-refractivity contribution < 1.29 is 9.50 Å². The van der Waals surface area contributed by atoms with Gasteiger partial charge < -0.3 is 5.11 Å². The lowest BCUT2D eigenvalue weighted by Crippen LogP contribution is -2.09. The number of nitrogens with zero attached hydrogens (tertiary/aromatic N) is 3. The molecule has 1 aromatic heterocycles. The van der Waals surface area contributed by atoms with Crippen molar-refractivity contribution in [3.8, 4) is 0 Å². The average Bonchev–Trinajstić information content (AvgIpc) is 2.98. The lowest BCUT2D eigenvalue weighted by Gasteiger charge is -2.08. The SMILES string of the molecule is OCc1nnn(Cc2ccc(F)cc2)c1CCc1ccccc1. The molecule has 1 N–H and O–H groups in total. The maximum atomic E-state index is 13.0. The summed E-state index contributed by atoms with van der Waals surface area (Å²) in [6.45, 7) is 0.380. The van der Waals surface area contributed by atoms with Crippen molar-refractivity contribution >= 4 is 0 Å². The number of aromatic nitrogens is 3. The third-order valence-electron chi connectivity index (χ3n) is 3.81. The Morgan fingerprint density at radius 1 is 0.913 bits per heavy atom. The Kier molecular flexibility index (Phi) is 4.78. The van der Waals surface area contributed by atoms with Crippen LogP contribution in [-0.4, -0.2) is 20.1 Å². The van der Waals surface area contributed by atoms with Crippen molar-refractivity contribution in [2.75, 3.05) is 0 Å². The molecule has 118 valence electrons. The van der Waals surface area contributed by atoms with Crippen LogP contribution < -0.4 is 0 Å². The van der Waals surface area contributed by atoms with Crippen LogP contribution in [0.25, 0.3) is 0 Å². The fourth-order valence-corrected chi connectivity index (χ4v) is 2.56. The first-order chi connectivity index (χ1) is 11.3. The zero-order chi connectivity index (χ0) is 16.1. The fraction of sp³-hybridized carbons (Fsp3) is 0.222. The monoisotopic (exact) mass is 311 g/mol. The van der Waals surface area contributed by atoms with Crippen LogP contribution in [0.2, 0.25) is 0 Å². The Hall–Kier alpha value is -2.53. The van der Waals surface area contributed by atoms with Gasteiger partial charge in [-0.2, -0.15) is 0 Å². The second-order valence-electron chi connectivity index (χ2n) is 5.41. The highest BCUT2D eigenvalue weighted by molar-refractivity contribution is 5.20. The van der Waals surface area contributed by atoms with Crippen LogP contribution in [0.5, 0.6) is 0 Å². The molecule has 0 spiro atoms. The van der Waals surface area contributed by atoms with E-state index in [2.05, 4.69) is 22.4 Å². The van der Waals surface area contributed by atoms with Crippen LogP contribution >= 0.6 is 0 Å². The predicted molar refractivity (Wildman–Crippen MR) is 85.3 cm³/mol. The van der Waals surface area contributed by atoms with Crippen molar-refractivity contribution in [3.63, 3.8) is 0 Å². The van der Waals surface area contributed by atoms with Crippen molar-refractivity contribution in [1.82, 2.24) is 15.0 Å². The zero-order valence-corrected chi connectivity index (χ0v) is 12.7.